The molecule has 0 spiro atoms. The first-order chi connectivity index (χ1) is 11.0. The summed E-state index contributed by atoms with van der Waals surface area (Å²) in [5.74, 6) is -2.95. The van der Waals surface area contributed by atoms with E-state index in [0.717, 1.165) is 18.2 Å². The van der Waals surface area contributed by atoms with Gasteiger partial charge in [0.25, 0.3) is 0 Å². The Morgan fingerprint density at radius 1 is 0.957 bits per heavy atom. The van der Waals surface area contributed by atoms with E-state index in [1.165, 1.54) is 30.0 Å². The molecule has 0 atom stereocenters. The van der Waals surface area contributed by atoms with Gasteiger partial charge >= 0.3 is 0 Å². The molecule has 0 bridgehead atoms. The summed E-state index contributed by atoms with van der Waals surface area (Å²) in [5, 5.41) is 8.93. The van der Waals surface area contributed by atoms with Gasteiger partial charge in [-0.2, -0.15) is 5.26 Å². The molecule has 0 aliphatic rings. The number of pyridine rings is 1. The van der Waals surface area contributed by atoms with Gasteiger partial charge in [0.15, 0.2) is 28.9 Å². The van der Waals surface area contributed by atoms with Gasteiger partial charge in [-0.05, 0) is 6.07 Å². The molecule has 0 N–H and O–H groups in total. The summed E-state index contributed by atoms with van der Waals surface area (Å²) in [6.07, 6.45) is 2.60. The smallest absolute Gasteiger partial charge is 0.172 e. The van der Waals surface area contributed by atoms with E-state index in [0.29, 0.717) is 11.1 Å². The summed E-state index contributed by atoms with van der Waals surface area (Å²) in [5.41, 5.74) is 0.701. The molecule has 4 nitrogen and oxygen atoms in total. The van der Waals surface area contributed by atoms with E-state index in [4.69, 9.17) is 14.7 Å². The van der Waals surface area contributed by atoms with Crippen LogP contribution < -0.4 is 9.47 Å². The minimum Gasteiger partial charge on any atom is -0.493 e. The number of ether oxygens (including phenoxy) is 2. The van der Waals surface area contributed by atoms with Crippen molar-refractivity contribution in [2.24, 2.45) is 0 Å². The molecule has 0 saturated carbocycles. The van der Waals surface area contributed by atoms with Gasteiger partial charge in [0.1, 0.15) is 11.9 Å². The molecule has 0 unspecified atom stereocenters. The number of benzene rings is 1. The van der Waals surface area contributed by atoms with Crippen molar-refractivity contribution < 1.29 is 22.6 Å². The highest BCUT2D eigenvalue weighted by Gasteiger charge is 2.15. The first-order valence-electron chi connectivity index (χ1n) is 6.44. The van der Waals surface area contributed by atoms with Crippen LogP contribution in [0.5, 0.6) is 17.2 Å². The van der Waals surface area contributed by atoms with Crippen molar-refractivity contribution in [1.82, 2.24) is 4.40 Å². The van der Waals surface area contributed by atoms with Gasteiger partial charge in [-0.25, -0.2) is 13.2 Å². The quantitative estimate of drug-likeness (QED) is 0.732. The fraction of sp³-hybridized carbons (Fsp3) is 0.0625. The fourth-order valence-corrected chi connectivity index (χ4v) is 2.16. The minimum absolute atomic E-state index is 0.0378. The highest BCUT2D eigenvalue weighted by Crippen LogP contribution is 2.35. The monoisotopic (exact) mass is 318 g/mol. The molecule has 23 heavy (non-hydrogen) atoms. The number of fused-ring (bicyclic) bond motifs is 1. The number of hydrogen-bond donors (Lipinski definition) is 0. The Labute approximate surface area is 128 Å². The van der Waals surface area contributed by atoms with E-state index >= 15 is 0 Å². The van der Waals surface area contributed by atoms with Crippen LogP contribution in [0.2, 0.25) is 0 Å². The van der Waals surface area contributed by atoms with Crippen molar-refractivity contribution in [2.75, 3.05) is 7.11 Å². The molecule has 2 heterocycles. The molecular weight excluding hydrogens is 309 g/mol. The SMILES string of the molecule is COc1cc(F)c(F)cc1Oc1cc(F)cn2cc(C#N)cc12. The minimum atomic E-state index is -1.12. The van der Waals surface area contributed by atoms with Gasteiger partial charge in [0.2, 0.25) is 0 Å². The van der Waals surface area contributed by atoms with Crippen LogP contribution in [0.15, 0.2) is 36.7 Å². The van der Waals surface area contributed by atoms with E-state index in [1.807, 2.05) is 6.07 Å². The van der Waals surface area contributed by atoms with Crippen molar-refractivity contribution in [1.29, 1.82) is 5.26 Å². The van der Waals surface area contributed by atoms with Crippen LogP contribution in [0.3, 0.4) is 0 Å². The Morgan fingerprint density at radius 3 is 2.30 bits per heavy atom. The van der Waals surface area contributed by atoms with Crippen molar-refractivity contribution in [3.8, 4) is 23.3 Å². The third-order valence-electron chi connectivity index (χ3n) is 3.19. The summed E-state index contributed by atoms with van der Waals surface area (Å²) in [4.78, 5) is 0. The maximum Gasteiger partial charge on any atom is 0.172 e. The van der Waals surface area contributed by atoms with Crippen molar-refractivity contribution in [3.63, 3.8) is 0 Å². The van der Waals surface area contributed by atoms with Gasteiger partial charge in [-0.1, -0.05) is 0 Å². The molecule has 0 saturated heterocycles. The van der Waals surface area contributed by atoms with Crippen molar-refractivity contribution in [2.45, 2.75) is 0 Å². The fourth-order valence-electron chi connectivity index (χ4n) is 2.16. The maximum atomic E-state index is 13.7. The predicted molar refractivity (Wildman–Crippen MR) is 75.1 cm³/mol. The number of aromatic nitrogens is 1. The number of rotatable bonds is 3. The summed E-state index contributed by atoms with van der Waals surface area (Å²) in [7, 11) is 1.27. The lowest BCUT2D eigenvalue weighted by atomic mass is 10.3. The topological polar surface area (TPSA) is 46.7 Å². The zero-order valence-electron chi connectivity index (χ0n) is 11.8. The molecule has 0 radical (unpaired) electrons. The number of nitrogens with zero attached hydrogens (tertiary/aromatic N) is 2. The van der Waals surface area contributed by atoms with Crippen LogP contribution in [-0.2, 0) is 0 Å². The average Bonchev–Trinajstić information content (AvgIpc) is 2.93. The Hall–Kier alpha value is -3.14. The normalized spacial score (nSPS) is 10.6. The van der Waals surface area contributed by atoms with Crippen LogP contribution in [0.4, 0.5) is 13.2 Å². The van der Waals surface area contributed by atoms with E-state index in [9.17, 15) is 13.2 Å². The largest absolute Gasteiger partial charge is 0.493 e. The number of nitriles is 1. The van der Waals surface area contributed by atoms with Gasteiger partial charge in [-0.15, -0.1) is 0 Å². The molecule has 2 aromatic heterocycles. The highest BCUT2D eigenvalue weighted by molar-refractivity contribution is 5.65. The van der Waals surface area contributed by atoms with Crippen LogP contribution in [0.1, 0.15) is 5.56 Å². The van der Waals surface area contributed by atoms with Crippen LogP contribution in [-0.4, -0.2) is 11.5 Å². The molecule has 0 amide bonds. The molecule has 0 aliphatic carbocycles. The molecule has 3 aromatic rings. The van der Waals surface area contributed by atoms with Crippen LogP contribution in [0.25, 0.3) is 5.52 Å². The maximum absolute atomic E-state index is 13.7. The van der Waals surface area contributed by atoms with Gasteiger partial charge < -0.3 is 13.9 Å². The van der Waals surface area contributed by atoms with Gasteiger partial charge in [0.05, 0.1) is 18.2 Å². The van der Waals surface area contributed by atoms with E-state index in [2.05, 4.69) is 0 Å². The van der Waals surface area contributed by atoms with Gasteiger partial charge in [0, 0.05) is 30.6 Å². The molecule has 3 rings (SSSR count). The number of halogens is 3. The lowest BCUT2D eigenvalue weighted by molar-refractivity contribution is 0.369. The van der Waals surface area contributed by atoms with E-state index in [1.54, 1.807) is 0 Å². The zero-order valence-corrected chi connectivity index (χ0v) is 11.8. The molecule has 116 valence electrons. The first-order valence-corrected chi connectivity index (χ1v) is 6.44. The molecule has 1 aromatic carbocycles. The third kappa shape index (κ3) is 2.66. The molecule has 0 fully saturated rings. The Kier molecular flexibility index (Phi) is 3.58. The Morgan fingerprint density at radius 2 is 1.65 bits per heavy atom. The number of hydrogen-bond acceptors (Lipinski definition) is 3. The summed E-state index contributed by atoms with van der Waals surface area (Å²) in [6.45, 7) is 0. The summed E-state index contributed by atoms with van der Waals surface area (Å²) < 4.78 is 52.1. The van der Waals surface area contributed by atoms with Crippen molar-refractivity contribution in [3.05, 3.63) is 59.7 Å². The van der Waals surface area contributed by atoms with E-state index in [-0.39, 0.29) is 17.2 Å². The number of methoxy groups -OCH3 is 1. The second-order valence-corrected chi connectivity index (χ2v) is 4.67. The zero-order chi connectivity index (χ0) is 16.6. The Balaban J connectivity index is 2.13. The van der Waals surface area contributed by atoms with Crippen LogP contribution in [0, 0.1) is 28.8 Å². The lowest BCUT2D eigenvalue weighted by Crippen LogP contribution is -1.96. The van der Waals surface area contributed by atoms with Crippen molar-refractivity contribution >= 4 is 5.52 Å². The van der Waals surface area contributed by atoms with Crippen LogP contribution >= 0.6 is 0 Å². The average molecular weight is 318 g/mol. The second kappa shape index (κ2) is 5.57. The highest BCUT2D eigenvalue weighted by atomic mass is 19.2. The van der Waals surface area contributed by atoms with E-state index < -0.39 is 17.5 Å². The Bertz CT molecular complexity index is 945. The molecule has 7 heteroatoms. The summed E-state index contributed by atoms with van der Waals surface area (Å²) >= 11 is 0. The summed E-state index contributed by atoms with van der Waals surface area (Å²) in [6, 6.07) is 6.14. The second-order valence-electron chi connectivity index (χ2n) is 4.67. The lowest BCUT2D eigenvalue weighted by Gasteiger charge is -2.12. The third-order valence-corrected chi connectivity index (χ3v) is 3.19. The molecular formula is C16H9F3N2O2. The molecule has 0 aliphatic heterocycles. The van der Waals surface area contributed by atoms with Gasteiger partial charge in [-0.3, -0.25) is 0 Å². The standard InChI is InChI=1S/C16H9F3N2O2/c1-22-15-4-11(18)12(19)5-16(15)23-14-3-10(17)8-21-7-9(6-20)2-13(14)21/h2-5,7-8H,1H3. The predicted octanol–water partition coefficient (Wildman–Crippen LogP) is 4.03. The first kappa shape index (κ1) is 14.8.